The Morgan fingerprint density at radius 1 is 1.25 bits per heavy atom. The molecule has 5 heteroatoms. The number of hydrogen-bond donors (Lipinski definition) is 1. The van der Waals surface area contributed by atoms with Crippen molar-refractivity contribution in [2.75, 3.05) is 0 Å². The highest BCUT2D eigenvalue weighted by Crippen LogP contribution is 2.24. The third kappa shape index (κ3) is 1.90. The number of aromatic nitrogens is 4. The summed E-state index contributed by atoms with van der Waals surface area (Å²) in [6, 6.07) is 0. The zero-order chi connectivity index (χ0) is 11.8. The van der Waals surface area contributed by atoms with Gasteiger partial charge in [0.05, 0.1) is 18.1 Å². The van der Waals surface area contributed by atoms with Crippen LogP contribution in [0.1, 0.15) is 26.5 Å². The van der Waals surface area contributed by atoms with Gasteiger partial charge >= 0.3 is 0 Å². The van der Waals surface area contributed by atoms with E-state index in [0.717, 1.165) is 11.4 Å². The Bertz CT molecular complexity index is 533. The first-order valence-corrected chi connectivity index (χ1v) is 5.47. The van der Waals surface area contributed by atoms with Gasteiger partial charge in [-0.15, -0.1) is 0 Å². The highest BCUT2D eigenvalue weighted by molar-refractivity contribution is 7.71. The summed E-state index contributed by atoms with van der Waals surface area (Å²) in [6.45, 7) is 6.43. The quantitative estimate of drug-likeness (QED) is 0.771. The molecule has 0 aliphatic rings. The van der Waals surface area contributed by atoms with Crippen LogP contribution in [0.15, 0.2) is 24.9 Å². The molecule has 2 aromatic rings. The fourth-order valence-electron chi connectivity index (χ4n) is 1.58. The van der Waals surface area contributed by atoms with Crippen LogP contribution in [0.3, 0.4) is 0 Å². The molecule has 0 fully saturated rings. The summed E-state index contributed by atoms with van der Waals surface area (Å²) in [5, 5.41) is 0. The van der Waals surface area contributed by atoms with Crippen molar-refractivity contribution >= 4 is 12.2 Å². The number of imidazole rings is 1. The number of aromatic amines is 1. The molecule has 84 valence electrons. The molecule has 0 aromatic carbocycles. The second-order valence-corrected chi connectivity index (χ2v) is 5.05. The molecule has 0 radical (unpaired) electrons. The molecule has 2 heterocycles. The molecule has 0 aliphatic carbocycles. The van der Waals surface area contributed by atoms with E-state index in [1.54, 1.807) is 12.4 Å². The van der Waals surface area contributed by atoms with Crippen molar-refractivity contribution in [3.63, 3.8) is 0 Å². The third-order valence-electron chi connectivity index (χ3n) is 2.35. The van der Waals surface area contributed by atoms with Crippen LogP contribution in [0, 0.1) is 4.77 Å². The van der Waals surface area contributed by atoms with Crippen molar-refractivity contribution in [3.05, 3.63) is 35.4 Å². The summed E-state index contributed by atoms with van der Waals surface area (Å²) >= 11 is 5.28. The monoisotopic (exact) mass is 234 g/mol. The third-order valence-corrected chi connectivity index (χ3v) is 2.65. The van der Waals surface area contributed by atoms with E-state index in [0.29, 0.717) is 4.77 Å². The Morgan fingerprint density at radius 2 is 1.88 bits per heavy atom. The van der Waals surface area contributed by atoms with Gasteiger partial charge in [-0.2, -0.15) is 0 Å². The van der Waals surface area contributed by atoms with Gasteiger partial charge in [0.2, 0.25) is 0 Å². The van der Waals surface area contributed by atoms with Gasteiger partial charge in [-0.25, -0.2) is 9.97 Å². The van der Waals surface area contributed by atoms with Crippen molar-refractivity contribution in [1.82, 2.24) is 19.5 Å². The summed E-state index contributed by atoms with van der Waals surface area (Å²) in [6.07, 6.45) is 6.96. The topological polar surface area (TPSA) is 46.5 Å². The summed E-state index contributed by atoms with van der Waals surface area (Å²) in [5.74, 6) is 0. The molecule has 1 N–H and O–H groups in total. The Hall–Kier alpha value is -1.49. The standard InChI is InChI=1S/C11H14N4S/c1-11(2,3)9-6-14-10(16)15(9)8-4-12-7-13-5-8/h4-7H,1-3H3,(H,14,16). The lowest BCUT2D eigenvalue weighted by atomic mass is 9.92. The van der Waals surface area contributed by atoms with E-state index in [1.807, 2.05) is 10.8 Å². The minimum Gasteiger partial charge on any atom is -0.337 e. The molecule has 16 heavy (non-hydrogen) atoms. The van der Waals surface area contributed by atoms with E-state index in [2.05, 4.69) is 35.7 Å². The lowest BCUT2D eigenvalue weighted by molar-refractivity contribution is 0.555. The Morgan fingerprint density at radius 3 is 2.44 bits per heavy atom. The molecule has 0 aliphatic heterocycles. The summed E-state index contributed by atoms with van der Waals surface area (Å²) < 4.78 is 2.63. The second kappa shape index (κ2) is 3.83. The smallest absolute Gasteiger partial charge is 0.182 e. The normalized spacial score (nSPS) is 11.7. The van der Waals surface area contributed by atoms with Crippen LogP contribution >= 0.6 is 12.2 Å². The largest absolute Gasteiger partial charge is 0.337 e. The van der Waals surface area contributed by atoms with Crippen molar-refractivity contribution in [1.29, 1.82) is 0 Å². The van der Waals surface area contributed by atoms with Crippen LogP contribution in [0.4, 0.5) is 0 Å². The van der Waals surface area contributed by atoms with Gasteiger partial charge in [0.1, 0.15) is 6.33 Å². The Kier molecular flexibility index (Phi) is 2.63. The zero-order valence-corrected chi connectivity index (χ0v) is 10.4. The van der Waals surface area contributed by atoms with Crippen molar-refractivity contribution < 1.29 is 0 Å². The fourth-order valence-corrected chi connectivity index (χ4v) is 1.85. The van der Waals surface area contributed by atoms with Gasteiger partial charge in [-0.1, -0.05) is 20.8 Å². The number of rotatable bonds is 1. The molecule has 0 saturated carbocycles. The van der Waals surface area contributed by atoms with Gasteiger partial charge in [0.15, 0.2) is 4.77 Å². The number of nitrogens with one attached hydrogen (secondary N) is 1. The van der Waals surface area contributed by atoms with Gasteiger partial charge in [-0.05, 0) is 12.2 Å². The van der Waals surface area contributed by atoms with Gasteiger partial charge in [-0.3, -0.25) is 4.57 Å². The number of hydrogen-bond acceptors (Lipinski definition) is 3. The first-order chi connectivity index (χ1) is 7.50. The molecule has 0 unspecified atom stereocenters. The SMILES string of the molecule is CC(C)(C)c1c[nH]c(=S)n1-c1cncnc1. The van der Waals surface area contributed by atoms with E-state index >= 15 is 0 Å². The second-order valence-electron chi connectivity index (χ2n) is 4.66. The molecule has 2 rings (SSSR count). The molecule has 0 spiro atoms. The van der Waals surface area contributed by atoms with E-state index in [1.165, 1.54) is 6.33 Å². The molecular formula is C11H14N4S. The summed E-state index contributed by atoms with van der Waals surface area (Å²) in [4.78, 5) is 11.1. The number of H-pyrrole nitrogens is 1. The minimum atomic E-state index is 0.0173. The lowest BCUT2D eigenvalue weighted by Gasteiger charge is -2.20. The van der Waals surface area contributed by atoms with Gasteiger partial charge in [0.25, 0.3) is 0 Å². The maximum atomic E-state index is 5.28. The zero-order valence-electron chi connectivity index (χ0n) is 9.56. The van der Waals surface area contributed by atoms with Crippen LogP contribution in [0.2, 0.25) is 0 Å². The highest BCUT2D eigenvalue weighted by atomic mass is 32.1. The van der Waals surface area contributed by atoms with Crippen LogP contribution in [-0.4, -0.2) is 19.5 Å². The van der Waals surface area contributed by atoms with Crippen LogP contribution in [-0.2, 0) is 5.41 Å². The highest BCUT2D eigenvalue weighted by Gasteiger charge is 2.20. The van der Waals surface area contributed by atoms with Crippen LogP contribution in [0.25, 0.3) is 5.69 Å². The maximum absolute atomic E-state index is 5.28. The average molecular weight is 234 g/mol. The molecule has 4 nitrogen and oxygen atoms in total. The molecule has 2 aromatic heterocycles. The Balaban J connectivity index is 2.66. The van der Waals surface area contributed by atoms with E-state index < -0.39 is 0 Å². The van der Waals surface area contributed by atoms with Crippen LogP contribution in [0.5, 0.6) is 0 Å². The van der Waals surface area contributed by atoms with E-state index in [9.17, 15) is 0 Å². The summed E-state index contributed by atoms with van der Waals surface area (Å²) in [5.41, 5.74) is 2.02. The number of nitrogens with zero attached hydrogens (tertiary/aromatic N) is 3. The molecular weight excluding hydrogens is 220 g/mol. The van der Waals surface area contributed by atoms with E-state index in [4.69, 9.17) is 12.2 Å². The Labute approximate surface area is 99.4 Å². The van der Waals surface area contributed by atoms with Gasteiger partial charge in [0, 0.05) is 17.3 Å². The molecule has 0 atom stereocenters. The first-order valence-electron chi connectivity index (χ1n) is 5.06. The van der Waals surface area contributed by atoms with Crippen molar-refractivity contribution in [3.8, 4) is 5.69 Å². The first kappa shape index (κ1) is 11.0. The lowest BCUT2D eigenvalue weighted by Crippen LogP contribution is -2.16. The maximum Gasteiger partial charge on any atom is 0.182 e. The minimum absolute atomic E-state index is 0.0173. The predicted octanol–water partition coefficient (Wildman–Crippen LogP) is 2.62. The molecule has 0 amide bonds. The van der Waals surface area contributed by atoms with Gasteiger partial charge < -0.3 is 4.98 Å². The fraction of sp³-hybridized carbons (Fsp3) is 0.364. The predicted molar refractivity (Wildman–Crippen MR) is 65.2 cm³/mol. The molecule has 0 saturated heterocycles. The average Bonchev–Trinajstić information content (AvgIpc) is 2.61. The summed E-state index contributed by atoms with van der Waals surface area (Å²) in [7, 11) is 0. The van der Waals surface area contributed by atoms with Crippen LogP contribution < -0.4 is 0 Å². The van der Waals surface area contributed by atoms with Crippen molar-refractivity contribution in [2.24, 2.45) is 0 Å². The van der Waals surface area contributed by atoms with Crippen molar-refractivity contribution in [2.45, 2.75) is 26.2 Å². The van der Waals surface area contributed by atoms with E-state index in [-0.39, 0.29) is 5.41 Å². The molecule has 0 bridgehead atoms.